The minimum Gasteiger partial charge on any atom is -0.378 e. The van der Waals surface area contributed by atoms with Crippen molar-refractivity contribution in [3.8, 4) is 0 Å². The van der Waals surface area contributed by atoms with Gasteiger partial charge in [-0.15, -0.1) is 6.58 Å². The molecule has 23 heavy (non-hydrogen) atoms. The van der Waals surface area contributed by atoms with Crippen molar-refractivity contribution < 1.29 is 4.74 Å². The van der Waals surface area contributed by atoms with Crippen LogP contribution in [-0.2, 0) is 4.74 Å². The molecule has 2 rings (SSSR count). The number of ether oxygens (including phenoxy) is 1. The van der Waals surface area contributed by atoms with Gasteiger partial charge in [0.2, 0.25) is 0 Å². The first kappa shape index (κ1) is 19.0. The van der Waals surface area contributed by atoms with Gasteiger partial charge in [-0.2, -0.15) is 0 Å². The molecule has 134 valence electrons. The maximum absolute atomic E-state index is 6.08. The van der Waals surface area contributed by atoms with Gasteiger partial charge in [0, 0.05) is 6.61 Å². The van der Waals surface area contributed by atoms with E-state index in [1.807, 2.05) is 0 Å². The highest BCUT2D eigenvalue weighted by molar-refractivity contribution is 4.82. The maximum atomic E-state index is 6.08. The van der Waals surface area contributed by atoms with E-state index in [-0.39, 0.29) is 0 Å². The van der Waals surface area contributed by atoms with Gasteiger partial charge in [-0.05, 0) is 75.5 Å². The number of hydrogen-bond acceptors (Lipinski definition) is 1. The van der Waals surface area contributed by atoms with Gasteiger partial charge in [0.1, 0.15) is 0 Å². The van der Waals surface area contributed by atoms with E-state index in [4.69, 9.17) is 4.74 Å². The second-order valence-corrected chi connectivity index (χ2v) is 8.12. The first-order chi connectivity index (χ1) is 11.3. The number of hydrogen-bond donors (Lipinski definition) is 0. The summed E-state index contributed by atoms with van der Waals surface area (Å²) in [4.78, 5) is 0. The van der Waals surface area contributed by atoms with Crippen LogP contribution >= 0.6 is 0 Å². The molecule has 2 fully saturated rings. The number of rotatable bonds is 10. The first-order valence-electron chi connectivity index (χ1n) is 10.6. The summed E-state index contributed by atoms with van der Waals surface area (Å²) in [5, 5.41) is 0. The summed E-state index contributed by atoms with van der Waals surface area (Å²) in [7, 11) is 0. The summed E-state index contributed by atoms with van der Waals surface area (Å²) in [6.07, 6.45) is 22.1. The highest BCUT2D eigenvalue weighted by Gasteiger charge is 2.30. The van der Waals surface area contributed by atoms with E-state index in [1.54, 1.807) is 0 Å². The molecule has 0 amide bonds. The van der Waals surface area contributed by atoms with E-state index in [2.05, 4.69) is 19.6 Å². The molecule has 2 aliphatic rings. The standard InChI is InChI=1S/C22H40O/c1-3-5-7-9-19-10-12-20(13-11-19)21-14-16-22(17-15-21)23-18-8-6-4-2/h3,19-22H,1,4-18H2,2H3/t19-,20-,21?,22?. The Morgan fingerprint density at radius 1 is 0.870 bits per heavy atom. The fourth-order valence-electron chi connectivity index (χ4n) is 4.83. The van der Waals surface area contributed by atoms with Crippen molar-refractivity contribution in [2.24, 2.45) is 17.8 Å². The molecular formula is C22H40O. The van der Waals surface area contributed by atoms with Crippen LogP contribution in [0.2, 0.25) is 0 Å². The predicted octanol–water partition coefficient (Wildman–Crippen LogP) is 6.91. The minimum absolute atomic E-state index is 0.582. The lowest BCUT2D eigenvalue weighted by molar-refractivity contribution is 0.00540. The summed E-state index contributed by atoms with van der Waals surface area (Å²) in [5.41, 5.74) is 0. The maximum Gasteiger partial charge on any atom is 0.0575 e. The van der Waals surface area contributed by atoms with Crippen molar-refractivity contribution in [1.82, 2.24) is 0 Å². The SMILES string of the molecule is C=CCCC[C@H]1CC[C@H](C2CCC(OCCCCC)CC2)CC1. The smallest absolute Gasteiger partial charge is 0.0575 e. The van der Waals surface area contributed by atoms with Crippen LogP contribution in [0.1, 0.15) is 96.8 Å². The lowest BCUT2D eigenvalue weighted by Crippen LogP contribution is -2.28. The van der Waals surface area contributed by atoms with Crippen LogP contribution in [0, 0.1) is 17.8 Å². The third kappa shape index (κ3) is 6.99. The van der Waals surface area contributed by atoms with Gasteiger partial charge in [-0.3, -0.25) is 0 Å². The van der Waals surface area contributed by atoms with Gasteiger partial charge in [0.25, 0.3) is 0 Å². The molecule has 1 heteroatoms. The molecule has 0 aromatic rings. The average Bonchev–Trinajstić information content (AvgIpc) is 2.60. The molecule has 0 N–H and O–H groups in total. The van der Waals surface area contributed by atoms with Crippen LogP contribution < -0.4 is 0 Å². The third-order valence-electron chi connectivity index (χ3n) is 6.40. The Labute approximate surface area is 145 Å². The third-order valence-corrected chi connectivity index (χ3v) is 6.40. The number of unbranched alkanes of at least 4 members (excludes halogenated alkanes) is 3. The first-order valence-corrected chi connectivity index (χ1v) is 10.6. The van der Waals surface area contributed by atoms with E-state index >= 15 is 0 Å². The Hall–Kier alpha value is -0.300. The van der Waals surface area contributed by atoms with Crippen molar-refractivity contribution >= 4 is 0 Å². The topological polar surface area (TPSA) is 9.23 Å². The Bertz CT molecular complexity index is 295. The fourth-order valence-corrected chi connectivity index (χ4v) is 4.83. The monoisotopic (exact) mass is 320 g/mol. The van der Waals surface area contributed by atoms with Crippen LogP contribution in [0.3, 0.4) is 0 Å². The highest BCUT2D eigenvalue weighted by atomic mass is 16.5. The zero-order chi connectivity index (χ0) is 16.3. The van der Waals surface area contributed by atoms with Crippen LogP contribution in [-0.4, -0.2) is 12.7 Å². The van der Waals surface area contributed by atoms with Crippen molar-refractivity contribution in [1.29, 1.82) is 0 Å². The van der Waals surface area contributed by atoms with Crippen molar-refractivity contribution in [3.63, 3.8) is 0 Å². The van der Waals surface area contributed by atoms with E-state index in [1.165, 1.54) is 89.9 Å². The molecule has 0 atom stereocenters. The average molecular weight is 321 g/mol. The second kappa shape index (κ2) is 11.3. The van der Waals surface area contributed by atoms with Crippen molar-refractivity contribution in [2.75, 3.05) is 6.61 Å². The molecule has 0 bridgehead atoms. The second-order valence-electron chi connectivity index (χ2n) is 8.12. The molecule has 0 spiro atoms. The van der Waals surface area contributed by atoms with Gasteiger partial charge in [-0.25, -0.2) is 0 Å². The molecule has 0 aliphatic heterocycles. The van der Waals surface area contributed by atoms with E-state index in [9.17, 15) is 0 Å². The summed E-state index contributed by atoms with van der Waals surface area (Å²) in [6.45, 7) is 7.10. The van der Waals surface area contributed by atoms with Crippen LogP contribution in [0.25, 0.3) is 0 Å². The van der Waals surface area contributed by atoms with Crippen LogP contribution in [0.5, 0.6) is 0 Å². The van der Waals surface area contributed by atoms with Gasteiger partial charge >= 0.3 is 0 Å². The molecule has 2 saturated carbocycles. The molecular weight excluding hydrogens is 280 g/mol. The van der Waals surface area contributed by atoms with Crippen LogP contribution in [0.15, 0.2) is 12.7 Å². The normalized spacial score (nSPS) is 31.9. The molecule has 2 aliphatic carbocycles. The molecule has 0 saturated heterocycles. The molecule has 0 aromatic carbocycles. The van der Waals surface area contributed by atoms with E-state index in [0.29, 0.717) is 6.10 Å². The van der Waals surface area contributed by atoms with E-state index < -0.39 is 0 Å². The zero-order valence-corrected chi connectivity index (χ0v) is 15.6. The van der Waals surface area contributed by atoms with Crippen LogP contribution in [0.4, 0.5) is 0 Å². The highest BCUT2D eigenvalue weighted by Crippen LogP contribution is 2.41. The predicted molar refractivity (Wildman–Crippen MR) is 101 cm³/mol. The van der Waals surface area contributed by atoms with E-state index in [0.717, 1.165) is 24.4 Å². The molecule has 0 aromatic heterocycles. The summed E-state index contributed by atoms with van der Waals surface area (Å²) < 4.78 is 6.08. The molecule has 0 unspecified atom stereocenters. The van der Waals surface area contributed by atoms with Gasteiger partial charge in [0.15, 0.2) is 0 Å². The summed E-state index contributed by atoms with van der Waals surface area (Å²) in [6, 6.07) is 0. The van der Waals surface area contributed by atoms with Crippen molar-refractivity contribution in [3.05, 3.63) is 12.7 Å². The lowest BCUT2D eigenvalue weighted by Gasteiger charge is -2.37. The molecule has 0 radical (unpaired) electrons. The Kier molecular flexibility index (Phi) is 9.34. The van der Waals surface area contributed by atoms with Crippen molar-refractivity contribution in [2.45, 2.75) is 103 Å². The summed E-state index contributed by atoms with van der Waals surface area (Å²) >= 11 is 0. The lowest BCUT2D eigenvalue weighted by atomic mass is 9.70. The minimum atomic E-state index is 0.582. The zero-order valence-electron chi connectivity index (χ0n) is 15.6. The van der Waals surface area contributed by atoms with Gasteiger partial charge < -0.3 is 4.74 Å². The molecule has 1 nitrogen and oxygen atoms in total. The quantitative estimate of drug-likeness (QED) is 0.314. The largest absolute Gasteiger partial charge is 0.378 e. The Morgan fingerprint density at radius 2 is 1.52 bits per heavy atom. The fraction of sp³-hybridized carbons (Fsp3) is 0.909. The Balaban J connectivity index is 1.56. The Morgan fingerprint density at radius 3 is 2.13 bits per heavy atom. The van der Waals surface area contributed by atoms with Gasteiger partial charge in [0.05, 0.1) is 6.10 Å². The van der Waals surface area contributed by atoms with Gasteiger partial charge in [-0.1, -0.05) is 45.1 Å². The summed E-state index contributed by atoms with van der Waals surface area (Å²) in [5.74, 6) is 3.07. The number of allylic oxidation sites excluding steroid dienone is 1. The molecule has 0 heterocycles.